The standard InChI is InChI=1S/C17H27NO3/c1-20-13-7-8-14(15(11-13)21-2)16(19)17(12-18)9-5-3-4-6-10-17/h7-8,11,16,19H,3-6,9-10,12,18H2,1-2H3. The van der Waals surface area contributed by atoms with Gasteiger partial charge in [-0.15, -0.1) is 0 Å². The molecule has 0 amide bonds. The Morgan fingerprint density at radius 1 is 1.14 bits per heavy atom. The van der Waals surface area contributed by atoms with E-state index in [9.17, 15) is 5.11 Å². The lowest BCUT2D eigenvalue weighted by molar-refractivity contribution is 0.0150. The van der Waals surface area contributed by atoms with Crippen molar-refractivity contribution in [2.45, 2.75) is 44.6 Å². The highest BCUT2D eigenvalue weighted by atomic mass is 16.5. The van der Waals surface area contributed by atoms with Crippen molar-refractivity contribution in [3.05, 3.63) is 23.8 Å². The summed E-state index contributed by atoms with van der Waals surface area (Å²) in [4.78, 5) is 0. The third kappa shape index (κ3) is 3.33. The number of nitrogens with two attached hydrogens (primary N) is 1. The van der Waals surface area contributed by atoms with E-state index in [1.54, 1.807) is 14.2 Å². The van der Waals surface area contributed by atoms with Gasteiger partial charge >= 0.3 is 0 Å². The van der Waals surface area contributed by atoms with Crippen LogP contribution >= 0.6 is 0 Å². The minimum Gasteiger partial charge on any atom is -0.497 e. The molecule has 0 heterocycles. The minimum absolute atomic E-state index is 0.238. The number of aliphatic hydroxyl groups is 1. The molecule has 1 aromatic rings. The largest absolute Gasteiger partial charge is 0.497 e. The third-order valence-corrected chi connectivity index (χ3v) is 4.82. The Morgan fingerprint density at radius 3 is 2.33 bits per heavy atom. The predicted molar refractivity (Wildman–Crippen MR) is 83.7 cm³/mol. The molecule has 1 aliphatic carbocycles. The lowest BCUT2D eigenvalue weighted by Crippen LogP contribution is -2.36. The molecule has 1 aliphatic rings. The predicted octanol–water partition coefficient (Wildman–Crippen LogP) is 3.04. The second-order valence-corrected chi connectivity index (χ2v) is 5.99. The monoisotopic (exact) mass is 293 g/mol. The molecule has 4 heteroatoms. The van der Waals surface area contributed by atoms with Crippen LogP contribution in [0.2, 0.25) is 0 Å². The van der Waals surface area contributed by atoms with E-state index in [4.69, 9.17) is 15.2 Å². The van der Waals surface area contributed by atoms with Gasteiger partial charge in [-0.2, -0.15) is 0 Å². The maximum Gasteiger partial charge on any atom is 0.128 e. The first kappa shape index (κ1) is 16.1. The van der Waals surface area contributed by atoms with E-state index in [0.717, 1.165) is 37.0 Å². The average molecular weight is 293 g/mol. The lowest BCUT2D eigenvalue weighted by atomic mass is 9.73. The fourth-order valence-electron chi connectivity index (χ4n) is 3.40. The van der Waals surface area contributed by atoms with Gasteiger partial charge in [-0.1, -0.05) is 25.7 Å². The highest BCUT2D eigenvalue weighted by Crippen LogP contribution is 2.46. The van der Waals surface area contributed by atoms with Crippen LogP contribution in [0.1, 0.15) is 50.2 Å². The summed E-state index contributed by atoms with van der Waals surface area (Å²) in [6.45, 7) is 0.503. The van der Waals surface area contributed by atoms with Crippen LogP contribution in [-0.2, 0) is 0 Å². The van der Waals surface area contributed by atoms with Crippen molar-refractivity contribution in [1.29, 1.82) is 0 Å². The van der Waals surface area contributed by atoms with E-state index in [1.165, 1.54) is 12.8 Å². The van der Waals surface area contributed by atoms with Crippen molar-refractivity contribution in [1.82, 2.24) is 0 Å². The molecule has 1 fully saturated rings. The van der Waals surface area contributed by atoms with E-state index >= 15 is 0 Å². The van der Waals surface area contributed by atoms with Crippen LogP contribution in [0.5, 0.6) is 11.5 Å². The molecule has 4 nitrogen and oxygen atoms in total. The van der Waals surface area contributed by atoms with Crippen molar-refractivity contribution in [3.8, 4) is 11.5 Å². The van der Waals surface area contributed by atoms with Gasteiger partial charge in [0.1, 0.15) is 11.5 Å². The lowest BCUT2D eigenvalue weighted by Gasteiger charge is -2.37. The van der Waals surface area contributed by atoms with Crippen LogP contribution in [-0.4, -0.2) is 25.9 Å². The molecule has 1 atom stereocenters. The summed E-state index contributed by atoms with van der Waals surface area (Å²) in [5.41, 5.74) is 6.64. The second kappa shape index (κ2) is 7.14. The average Bonchev–Trinajstić information content (AvgIpc) is 2.80. The molecule has 0 spiro atoms. The molecular formula is C17H27NO3. The SMILES string of the molecule is COc1ccc(C(O)C2(CN)CCCCCC2)c(OC)c1. The number of rotatable bonds is 5. The van der Waals surface area contributed by atoms with Gasteiger partial charge in [-0.3, -0.25) is 0 Å². The maximum atomic E-state index is 11.0. The Hall–Kier alpha value is -1.26. The summed E-state index contributed by atoms with van der Waals surface area (Å²) in [5, 5.41) is 11.0. The van der Waals surface area contributed by atoms with Crippen LogP contribution in [0, 0.1) is 5.41 Å². The van der Waals surface area contributed by atoms with E-state index in [-0.39, 0.29) is 5.41 Å². The van der Waals surface area contributed by atoms with Crippen molar-refractivity contribution >= 4 is 0 Å². The van der Waals surface area contributed by atoms with Gasteiger partial charge in [0.05, 0.1) is 20.3 Å². The Morgan fingerprint density at radius 2 is 1.81 bits per heavy atom. The number of hydrogen-bond donors (Lipinski definition) is 2. The molecule has 0 radical (unpaired) electrons. The summed E-state index contributed by atoms with van der Waals surface area (Å²) in [6.07, 6.45) is 6.07. The number of aliphatic hydroxyl groups excluding tert-OH is 1. The number of benzene rings is 1. The van der Waals surface area contributed by atoms with Gasteiger partial charge in [-0.25, -0.2) is 0 Å². The zero-order valence-corrected chi connectivity index (χ0v) is 13.1. The van der Waals surface area contributed by atoms with Crippen LogP contribution in [0.4, 0.5) is 0 Å². The smallest absolute Gasteiger partial charge is 0.128 e. The first-order chi connectivity index (χ1) is 10.2. The Balaban J connectivity index is 2.34. The summed E-state index contributed by atoms with van der Waals surface area (Å²) < 4.78 is 10.7. The molecule has 1 aromatic carbocycles. The van der Waals surface area contributed by atoms with Crippen molar-refractivity contribution in [2.24, 2.45) is 11.1 Å². The van der Waals surface area contributed by atoms with Crippen LogP contribution in [0.3, 0.4) is 0 Å². The molecule has 1 saturated carbocycles. The first-order valence-corrected chi connectivity index (χ1v) is 7.77. The minimum atomic E-state index is -0.596. The molecular weight excluding hydrogens is 266 g/mol. The fourth-order valence-corrected chi connectivity index (χ4v) is 3.40. The number of hydrogen-bond acceptors (Lipinski definition) is 4. The van der Waals surface area contributed by atoms with Gasteiger partial charge in [0, 0.05) is 23.6 Å². The zero-order valence-electron chi connectivity index (χ0n) is 13.1. The Bertz CT molecular complexity index is 453. The summed E-state index contributed by atoms with van der Waals surface area (Å²) in [5.74, 6) is 1.39. The highest BCUT2D eigenvalue weighted by Gasteiger charge is 2.39. The van der Waals surface area contributed by atoms with E-state index < -0.39 is 6.10 Å². The molecule has 118 valence electrons. The first-order valence-electron chi connectivity index (χ1n) is 7.77. The van der Waals surface area contributed by atoms with Crippen LogP contribution in [0.15, 0.2) is 18.2 Å². The number of ether oxygens (including phenoxy) is 2. The Labute approximate surface area is 127 Å². The molecule has 21 heavy (non-hydrogen) atoms. The van der Waals surface area contributed by atoms with E-state index in [1.807, 2.05) is 18.2 Å². The topological polar surface area (TPSA) is 64.7 Å². The summed E-state index contributed by atoms with van der Waals surface area (Å²) >= 11 is 0. The quantitative estimate of drug-likeness (QED) is 0.819. The van der Waals surface area contributed by atoms with Crippen molar-refractivity contribution in [3.63, 3.8) is 0 Å². The van der Waals surface area contributed by atoms with Gasteiger partial charge in [-0.05, 0) is 25.0 Å². The summed E-state index contributed by atoms with van der Waals surface area (Å²) in [7, 11) is 3.24. The van der Waals surface area contributed by atoms with Gasteiger partial charge in [0.2, 0.25) is 0 Å². The molecule has 0 saturated heterocycles. The van der Waals surface area contributed by atoms with Crippen LogP contribution in [0.25, 0.3) is 0 Å². The highest BCUT2D eigenvalue weighted by molar-refractivity contribution is 5.42. The molecule has 0 aromatic heterocycles. The molecule has 0 aliphatic heterocycles. The van der Waals surface area contributed by atoms with Crippen LogP contribution < -0.4 is 15.2 Å². The van der Waals surface area contributed by atoms with E-state index in [0.29, 0.717) is 12.3 Å². The Kier molecular flexibility index (Phi) is 5.48. The van der Waals surface area contributed by atoms with Crippen molar-refractivity contribution < 1.29 is 14.6 Å². The molecule has 3 N–H and O–H groups in total. The van der Waals surface area contributed by atoms with Gasteiger partial charge < -0.3 is 20.3 Å². The molecule has 2 rings (SSSR count). The molecule has 1 unspecified atom stereocenters. The van der Waals surface area contributed by atoms with E-state index in [2.05, 4.69) is 0 Å². The zero-order chi connectivity index (χ0) is 15.3. The maximum absolute atomic E-state index is 11.0. The second-order valence-electron chi connectivity index (χ2n) is 5.99. The van der Waals surface area contributed by atoms with Crippen molar-refractivity contribution in [2.75, 3.05) is 20.8 Å². The third-order valence-electron chi connectivity index (χ3n) is 4.82. The van der Waals surface area contributed by atoms with Gasteiger partial charge in [0.15, 0.2) is 0 Å². The van der Waals surface area contributed by atoms with Gasteiger partial charge in [0.25, 0.3) is 0 Å². The fraction of sp³-hybridized carbons (Fsp3) is 0.647. The number of methoxy groups -OCH3 is 2. The molecule has 0 bridgehead atoms. The normalized spacial score (nSPS) is 19.6. The summed E-state index contributed by atoms with van der Waals surface area (Å²) in [6, 6.07) is 5.58.